The fourth-order valence-corrected chi connectivity index (χ4v) is 0.690. The topological polar surface area (TPSA) is 41.6 Å². The fraction of sp³-hybridized carbons (Fsp3) is 0.429. The van der Waals surface area contributed by atoms with E-state index in [0.717, 1.165) is 5.56 Å². The smallest absolute Gasteiger partial charge is 0.174 e. The summed E-state index contributed by atoms with van der Waals surface area (Å²) < 4.78 is 1.26. The third kappa shape index (κ3) is 1.16. The Kier molecular flexibility index (Phi) is 1.72. The molecule has 0 aliphatic rings. The normalized spacial score (nSPS) is 9.80. The van der Waals surface area contributed by atoms with Crippen molar-refractivity contribution in [3.05, 3.63) is 18.0 Å². The number of nitrogens with zero attached hydrogens (tertiary/aromatic N) is 3. The van der Waals surface area contributed by atoms with Gasteiger partial charge in [-0.15, -0.1) is 0 Å². The molecular formula is C7H9N3. The molecule has 0 fully saturated rings. The number of aromatic nitrogens is 2. The minimum absolute atomic E-state index is 0.446. The van der Waals surface area contributed by atoms with Gasteiger partial charge in [-0.3, -0.25) is 0 Å². The number of nitriles is 1. The highest BCUT2D eigenvalue weighted by molar-refractivity contribution is 5.10. The Bertz CT molecular complexity index is 254. The Labute approximate surface area is 59.9 Å². The molecule has 0 aromatic carbocycles. The average Bonchev–Trinajstić information content (AvgIpc) is 2.34. The van der Waals surface area contributed by atoms with Crippen molar-refractivity contribution >= 4 is 0 Å². The van der Waals surface area contributed by atoms with Gasteiger partial charge in [-0.2, -0.15) is 15.0 Å². The van der Waals surface area contributed by atoms with E-state index in [1.54, 1.807) is 12.4 Å². The molecule has 1 aromatic rings. The van der Waals surface area contributed by atoms with Gasteiger partial charge in [0.05, 0.1) is 6.20 Å². The first-order valence-corrected chi connectivity index (χ1v) is 3.18. The predicted octanol–water partition coefficient (Wildman–Crippen LogP) is 1.34. The van der Waals surface area contributed by atoms with Gasteiger partial charge in [0.1, 0.15) is 0 Å². The van der Waals surface area contributed by atoms with Gasteiger partial charge in [-0.05, 0) is 11.5 Å². The van der Waals surface area contributed by atoms with E-state index in [0.29, 0.717) is 5.92 Å². The van der Waals surface area contributed by atoms with Crippen LogP contribution < -0.4 is 0 Å². The molecule has 0 atom stereocenters. The lowest BCUT2D eigenvalue weighted by Gasteiger charge is -1.95. The Morgan fingerprint density at radius 1 is 1.70 bits per heavy atom. The van der Waals surface area contributed by atoms with Gasteiger partial charge in [0.2, 0.25) is 6.19 Å². The zero-order chi connectivity index (χ0) is 7.56. The third-order valence-electron chi connectivity index (χ3n) is 1.37. The van der Waals surface area contributed by atoms with Crippen LogP contribution in [0.2, 0.25) is 0 Å². The molecule has 0 unspecified atom stereocenters. The molecule has 0 amide bonds. The van der Waals surface area contributed by atoms with Gasteiger partial charge in [0, 0.05) is 6.20 Å². The summed E-state index contributed by atoms with van der Waals surface area (Å²) in [6.45, 7) is 4.14. The molecule has 3 heteroatoms. The summed E-state index contributed by atoms with van der Waals surface area (Å²) >= 11 is 0. The van der Waals surface area contributed by atoms with Crippen LogP contribution in [-0.4, -0.2) is 9.78 Å². The second-order valence-electron chi connectivity index (χ2n) is 2.47. The van der Waals surface area contributed by atoms with Crippen molar-refractivity contribution in [2.24, 2.45) is 0 Å². The quantitative estimate of drug-likeness (QED) is 0.583. The predicted molar refractivity (Wildman–Crippen MR) is 37.3 cm³/mol. The van der Waals surface area contributed by atoms with Gasteiger partial charge in [-0.25, -0.2) is 0 Å². The first-order chi connectivity index (χ1) is 4.74. The fourth-order valence-electron chi connectivity index (χ4n) is 0.690. The van der Waals surface area contributed by atoms with E-state index in [1.165, 1.54) is 4.68 Å². The molecule has 1 aromatic heterocycles. The second-order valence-corrected chi connectivity index (χ2v) is 2.47. The van der Waals surface area contributed by atoms with Crippen LogP contribution in [0.1, 0.15) is 25.3 Å². The monoisotopic (exact) mass is 135 g/mol. The summed E-state index contributed by atoms with van der Waals surface area (Å²) in [4.78, 5) is 0. The average molecular weight is 135 g/mol. The van der Waals surface area contributed by atoms with Gasteiger partial charge < -0.3 is 0 Å². The van der Waals surface area contributed by atoms with Crippen LogP contribution in [0.25, 0.3) is 0 Å². The van der Waals surface area contributed by atoms with Gasteiger partial charge >= 0.3 is 0 Å². The number of hydrogen-bond donors (Lipinski definition) is 0. The van der Waals surface area contributed by atoms with E-state index >= 15 is 0 Å². The van der Waals surface area contributed by atoms with Crippen LogP contribution in [0.5, 0.6) is 0 Å². The molecule has 0 aliphatic carbocycles. The summed E-state index contributed by atoms with van der Waals surface area (Å²) in [7, 11) is 0. The van der Waals surface area contributed by atoms with E-state index < -0.39 is 0 Å². The molecule has 0 radical (unpaired) electrons. The minimum Gasteiger partial charge on any atom is -0.174 e. The molecule has 10 heavy (non-hydrogen) atoms. The van der Waals surface area contributed by atoms with Crippen molar-refractivity contribution in [2.75, 3.05) is 0 Å². The van der Waals surface area contributed by atoms with Crippen molar-refractivity contribution in [1.29, 1.82) is 5.26 Å². The van der Waals surface area contributed by atoms with E-state index in [2.05, 4.69) is 18.9 Å². The maximum atomic E-state index is 8.38. The highest BCUT2D eigenvalue weighted by Crippen LogP contribution is 2.11. The summed E-state index contributed by atoms with van der Waals surface area (Å²) in [5.74, 6) is 0.446. The standard InChI is InChI=1S/C7H9N3/c1-6(2)7-3-9-10(4-7)5-8/h3-4,6H,1-2H3. The first-order valence-electron chi connectivity index (χ1n) is 3.18. The molecule has 52 valence electrons. The maximum absolute atomic E-state index is 8.38. The molecule has 0 N–H and O–H groups in total. The van der Waals surface area contributed by atoms with Crippen molar-refractivity contribution in [3.63, 3.8) is 0 Å². The van der Waals surface area contributed by atoms with Gasteiger partial charge in [0.15, 0.2) is 0 Å². The SMILES string of the molecule is CC(C)c1cnn(C#N)c1. The summed E-state index contributed by atoms with van der Waals surface area (Å²) in [5.41, 5.74) is 1.10. The van der Waals surface area contributed by atoms with E-state index in [4.69, 9.17) is 5.26 Å². The Morgan fingerprint density at radius 2 is 2.40 bits per heavy atom. The molecule has 0 saturated carbocycles. The van der Waals surface area contributed by atoms with Crippen LogP contribution in [0, 0.1) is 11.5 Å². The number of hydrogen-bond acceptors (Lipinski definition) is 2. The maximum Gasteiger partial charge on any atom is 0.206 e. The first kappa shape index (κ1) is 6.81. The van der Waals surface area contributed by atoms with E-state index in [1.807, 2.05) is 6.19 Å². The summed E-state index contributed by atoms with van der Waals surface area (Å²) in [5, 5.41) is 12.2. The highest BCUT2D eigenvalue weighted by atomic mass is 15.3. The number of rotatable bonds is 1. The van der Waals surface area contributed by atoms with Crippen molar-refractivity contribution in [1.82, 2.24) is 9.78 Å². The molecule has 0 saturated heterocycles. The van der Waals surface area contributed by atoms with Crippen LogP contribution >= 0.6 is 0 Å². The zero-order valence-electron chi connectivity index (χ0n) is 6.07. The molecule has 0 aliphatic heterocycles. The van der Waals surface area contributed by atoms with Crippen LogP contribution in [0.3, 0.4) is 0 Å². The van der Waals surface area contributed by atoms with Crippen molar-refractivity contribution < 1.29 is 0 Å². The molecule has 0 spiro atoms. The molecule has 1 rings (SSSR count). The van der Waals surface area contributed by atoms with Crippen molar-refractivity contribution in [2.45, 2.75) is 19.8 Å². The molecule has 1 heterocycles. The lowest BCUT2D eigenvalue weighted by atomic mass is 10.1. The van der Waals surface area contributed by atoms with Crippen molar-refractivity contribution in [3.8, 4) is 6.19 Å². The van der Waals surface area contributed by atoms with Crippen LogP contribution in [0.15, 0.2) is 12.4 Å². The van der Waals surface area contributed by atoms with Crippen LogP contribution in [0.4, 0.5) is 0 Å². The zero-order valence-corrected chi connectivity index (χ0v) is 6.07. The highest BCUT2D eigenvalue weighted by Gasteiger charge is 2.00. The summed E-state index contributed by atoms with van der Waals surface area (Å²) in [6, 6.07) is 0. The minimum atomic E-state index is 0.446. The molecule has 3 nitrogen and oxygen atoms in total. The van der Waals surface area contributed by atoms with Gasteiger partial charge in [-0.1, -0.05) is 13.8 Å². The Morgan fingerprint density at radius 3 is 2.70 bits per heavy atom. The van der Waals surface area contributed by atoms with Crippen LogP contribution in [-0.2, 0) is 0 Å². The second kappa shape index (κ2) is 2.53. The lowest BCUT2D eigenvalue weighted by molar-refractivity contribution is 0.862. The van der Waals surface area contributed by atoms with E-state index in [9.17, 15) is 0 Å². The molecule has 0 bridgehead atoms. The molecular weight excluding hydrogens is 126 g/mol. The lowest BCUT2D eigenvalue weighted by Crippen LogP contribution is -1.86. The largest absolute Gasteiger partial charge is 0.206 e. The Hall–Kier alpha value is -1.30. The van der Waals surface area contributed by atoms with Gasteiger partial charge in [0.25, 0.3) is 0 Å². The third-order valence-corrected chi connectivity index (χ3v) is 1.37. The summed E-state index contributed by atoms with van der Waals surface area (Å²) in [6.07, 6.45) is 5.36. The Balaban J connectivity index is 2.91. The van der Waals surface area contributed by atoms with E-state index in [-0.39, 0.29) is 0 Å².